The summed E-state index contributed by atoms with van der Waals surface area (Å²) in [5, 5.41) is 3.47. The smallest absolute Gasteiger partial charge is 0.280 e. The number of aryl methyl sites for hydroxylation is 2. The summed E-state index contributed by atoms with van der Waals surface area (Å²) in [5.74, 6) is 1.13. The molecule has 4 N–H and O–H groups in total. The number of hydrogen-bond donors (Lipinski definition) is 3. The minimum Gasteiger partial charge on any atom is -0.460 e. The van der Waals surface area contributed by atoms with Crippen LogP contribution in [-0.4, -0.2) is 25.4 Å². The van der Waals surface area contributed by atoms with Crippen LogP contribution in [0.1, 0.15) is 38.7 Å². The molecule has 0 radical (unpaired) electrons. The Morgan fingerprint density at radius 3 is 2.83 bits per heavy atom. The van der Waals surface area contributed by atoms with Crippen LogP contribution in [0.25, 0.3) is 0 Å². The van der Waals surface area contributed by atoms with Crippen molar-refractivity contribution in [1.82, 2.24) is 0 Å². The Kier molecular flexibility index (Phi) is 4.73. The fraction of sp³-hybridized carbons (Fsp3) is 0.412. The number of likely N-dealkylation sites (N-methyl/N-ethyl adjacent to an activating group) is 1. The highest BCUT2D eigenvalue weighted by Crippen LogP contribution is 2.38. The van der Waals surface area contributed by atoms with Gasteiger partial charge in [-0.1, -0.05) is 0 Å². The van der Waals surface area contributed by atoms with Gasteiger partial charge in [-0.25, -0.2) is 0 Å². The van der Waals surface area contributed by atoms with Crippen LogP contribution in [0.15, 0.2) is 16.5 Å². The number of amides is 2. The summed E-state index contributed by atoms with van der Waals surface area (Å²) in [6, 6.07) is 3.83. The predicted octanol–water partition coefficient (Wildman–Crippen LogP) is 0.891. The van der Waals surface area contributed by atoms with E-state index in [1.807, 2.05) is 26.1 Å². The van der Waals surface area contributed by atoms with Crippen LogP contribution in [0.2, 0.25) is 0 Å². The maximum Gasteiger partial charge on any atom is 0.280 e. The lowest BCUT2D eigenvalue weighted by Crippen LogP contribution is -3.08. The number of quaternary nitrogens is 1. The lowest BCUT2D eigenvalue weighted by atomic mass is 10.1. The molecule has 128 valence electrons. The van der Waals surface area contributed by atoms with Gasteiger partial charge in [0.25, 0.3) is 11.8 Å². The fourth-order valence-corrected chi connectivity index (χ4v) is 4.45. The molecule has 0 aromatic carbocycles. The number of carbonyl (C=O) groups excluding carboxylic acids is 2. The minimum atomic E-state index is -0.462. The van der Waals surface area contributed by atoms with Crippen LogP contribution < -0.4 is 16.0 Å². The Morgan fingerprint density at radius 2 is 2.17 bits per heavy atom. The number of primary amides is 1. The Balaban J connectivity index is 1.64. The number of fused-ring (bicyclic) bond motifs is 1. The molecule has 0 saturated heterocycles. The van der Waals surface area contributed by atoms with Crippen molar-refractivity contribution in [2.75, 3.05) is 18.9 Å². The molecule has 0 fully saturated rings. The molecular formula is C17H22N3O3S+. The average molecular weight is 348 g/mol. The first-order chi connectivity index (χ1) is 11.4. The van der Waals surface area contributed by atoms with Gasteiger partial charge in [-0.15, -0.1) is 11.3 Å². The standard InChI is InChI=1S/C17H21N3O3S/c1-10-6-7-11(23-10)8-20(2)9-14(21)19-17-15(16(18)22)12-4-3-5-13(12)24-17/h6-7H,3-5,8-9H2,1-2H3,(H2,18,22)(H,19,21)/p+1. The first-order valence-corrected chi connectivity index (χ1v) is 8.86. The second-order valence-corrected chi connectivity index (χ2v) is 7.40. The highest BCUT2D eigenvalue weighted by atomic mass is 32.1. The quantitative estimate of drug-likeness (QED) is 0.724. The van der Waals surface area contributed by atoms with E-state index >= 15 is 0 Å². The second kappa shape index (κ2) is 6.78. The summed E-state index contributed by atoms with van der Waals surface area (Å²) in [4.78, 5) is 26.2. The first-order valence-electron chi connectivity index (χ1n) is 8.05. The molecule has 0 spiro atoms. The van der Waals surface area contributed by atoms with Gasteiger partial charge in [0.05, 0.1) is 12.6 Å². The van der Waals surface area contributed by atoms with E-state index < -0.39 is 5.91 Å². The Hall–Kier alpha value is -2.12. The van der Waals surface area contributed by atoms with E-state index in [0.29, 0.717) is 23.7 Å². The molecule has 6 nitrogen and oxygen atoms in total. The molecule has 1 unspecified atom stereocenters. The predicted molar refractivity (Wildman–Crippen MR) is 92.4 cm³/mol. The number of rotatable bonds is 6. The van der Waals surface area contributed by atoms with Gasteiger partial charge < -0.3 is 20.4 Å². The van der Waals surface area contributed by atoms with Crippen LogP contribution >= 0.6 is 11.3 Å². The van der Waals surface area contributed by atoms with E-state index in [0.717, 1.165) is 41.2 Å². The van der Waals surface area contributed by atoms with Crippen molar-refractivity contribution < 1.29 is 18.9 Å². The lowest BCUT2D eigenvalue weighted by molar-refractivity contribution is -0.886. The Bertz CT molecular complexity index is 778. The number of carbonyl (C=O) groups is 2. The fourth-order valence-electron chi connectivity index (χ4n) is 3.14. The Labute approximate surface area is 144 Å². The molecule has 2 aromatic rings. The van der Waals surface area contributed by atoms with Crippen molar-refractivity contribution in [2.45, 2.75) is 32.7 Å². The monoisotopic (exact) mass is 348 g/mol. The molecule has 0 bridgehead atoms. The third kappa shape index (κ3) is 3.52. The van der Waals surface area contributed by atoms with Gasteiger partial charge in [0.1, 0.15) is 17.3 Å². The zero-order valence-corrected chi connectivity index (χ0v) is 14.7. The van der Waals surface area contributed by atoms with Crippen molar-refractivity contribution in [3.63, 3.8) is 0 Å². The summed E-state index contributed by atoms with van der Waals surface area (Å²) in [6.45, 7) is 2.82. The number of nitrogens with one attached hydrogen (secondary N) is 2. The van der Waals surface area contributed by atoms with E-state index in [4.69, 9.17) is 10.2 Å². The molecule has 0 aliphatic heterocycles. The molecule has 24 heavy (non-hydrogen) atoms. The van der Waals surface area contributed by atoms with E-state index in [1.54, 1.807) is 0 Å². The van der Waals surface area contributed by atoms with E-state index in [9.17, 15) is 9.59 Å². The van der Waals surface area contributed by atoms with E-state index in [1.165, 1.54) is 16.2 Å². The number of thiophene rings is 1. The number of anilines is 1. The third-order valence-corrected chi connectivity index (χ3v) is 5.36. The van der Waals surface area contributed by atoms with E-state index in [-0.39, 0.29) is 5.91 Å². The molecular weight excluding hydrogens is 326 g/mol. The van der Waals surface area contributed by atoms with Crippen molar-refractivity contribution in [3.8, 4) is 0 Å². The summed E-state index contributed by atoms with van der Waals surface area (Å²) in [7, 11) is 1.93. The molecule has 1 aliphatic carbocycles. The summed E-state index contributed by atoms with van der Waals surface area (Å²) in [5.41, 5.74) is 7.04. The van der Waals surface area contributed by atoms with Gasteiger partial charge in [0.15, 0.2) is 12.3 Å². The number of hydrogen-bond acceptors (Lipinski definition) is 4. The van der Waals surface area contributed by atoms with E-state index in [2.05, 4.69) is 5.32 Å². The SMILES string of the molecule is Cc1ccc(C[NH+](C)CC(=O)Nc2sc3c(c2C(N)=O)CCC3)o1. The largest absolute Gasteiger partial charge is 0.460 e. The second-order valence-electron chi connectivity index (χ2n) is 6.30. The van der Waals surface area contributed by atoms with Gasteiger partial charge in [0, 0.05) is 4.88 Å². The van der Waals surface area contributed by atoms with Crippen LogP contribution in [0.5, 0.6) is 0 Å². The van der Waals surface area contributed by atoms with Crippen molar-refractivity contribution in [1.29, 1.82) is 0 Å². The summed E-state index contributed by atoms with van der Waals surface area (Å²) < 4.78 is 5.53. The van der Waals surface area contributed by atoms with Gasteiger partial charge in [-0.3, -0.25) is 9.59 Å². The van der Waals surface area contributed by atoms with Crippen molar-refractivity contribution in [3.05, 3.63) is 39.7 Å². The normalized spacial score (nSPS) is 14.4. The summed E-state index contributed by atoms with van der Waals surface area (Å²) >= 11 is 1.48. The van der Waals surface area contributed by atoms with Gasteiger partial charge in [0.2, 0.25) is 0 Å². The maximum absolute atomic E-state index is 12.3. The van der Waals surface area contributed by atoms with Crippen LogP contribution in [-0.2, 0) is 24.2 Å². The van der Waals surface area contributed by atoms with Gasteiger partial charge >= 0.3 is 0 Å². The molecule has 7 heteroatoms. The highest BCUT2D eigenvalue weighted by molar-refractivity contribution is 7.17. The van der Waals surface area contributed by atoms with Crippen LogP contribution in [0.3, 0.4) is 0 Å². The summed E-state index contributed by atoms with van der Waals surface area (Å²) in [6.07, 6.45) is 2.87. The molecule has 2 heterocycles. The topological polar surface area (TPSA) is 89.8 Å². The zero-order valence-electron chi connectivity index (χ0n) is 13.9. The molecule has 2 amide bonds. The van der Waals surface area contributed by atoms with Crippen LogP contribution in [0, 0.1) is 6.92 Å². The van der Waals surface area contributed by atoms with Gasteiger partial charge in [-0.05, 0) is 43.9 Å². The average Bonchev–Trinajstić information content (AvgIpc) is 3.14. The zero-order chi connectivity index (χ0) is 17.3. The molecule has 1 aliphatic rings. The molecule has 0 saturated carbocycles. The number of furan rings is 1. The number of nitrogens with two attached hydrogens (primary N) is 1. The Morgan fingerprint density at radius 1 is 1.38 bits per heavy atom. The molecule has 3 rings (SSSR count). The van der Waals surface area contributed by atoms with Crippen molar-refractivity contribution >= 4 is 28.2 Å². The lowest BCUT2D eigenvalue weighted by Gasteiger charge is -2.12. The van der Waals surface area contributed by atoms with Crippen molar-refractivity contribution in [2.24, 2.45) is 5.73 Å². The van der Waals surface area contributed by atoms with Gasteiger partial charge in [-0.2, -0.15) is 0 Å². The highest BCUT2D eigenvalue weighted by Gasteiger charge is 2.26. The molecule has 1 atom stereocenters. The first kappa shape index (κ1) is 16.7. The maximum atomic E-state index is 12.3. The van der Waals surface area contributed by atoms with Crippen LogP contribution in [0.4, 0.5) is 5.00 Å². The molecule has 2 aromatic heterocycles. The minimum absolute atomic E-state index is 0.127. The third-order valence-electron chi connectivity index (χ3n) is 4.16.